The predicted octanol–water partition coefficient (Wildman–Crippen LogP) is 5.29. The van der Waals surface area contributed by atoms with Crippen LogP contribution in [0.15, 0.2) is 54.9 Å². The third-order valence-corrected chi connectivity index (χ3v) is 4.74. The average molecular weight is 342 g/mol. The van der Waals surface area contributed by atoms with Crippen molar-refractivity contribution in [1.29, 1.82) is 0 Å². The Hall–Kier alpha value is -1.65. The molecule has 1 aromatic heterocycles. The van der Waals surface area contributed by atoms with Crippen LogP contribution in [0.1, 0.15) is 27.2 Å². The van der Waals surface area contributed by atoms with Crippen molar-refractivity contribution in [2.24, 2.45) is 5.41 Å². The highest BCUT2D eigenvalue weighted by Gasteiger charge is 2.27. The van der Waals surface area contributed by atoms with Crippen LogP contribution in [0.2, 0.25) is 13.1 Å². The van der Waals surface area contributed by atoms with Crippen LogP contribution in [0, 0.1) is 5.41 Å². The standard InChI is InChI=1S/C20H29N2OSi/c1-20(2,3)19(23-24(4)5)13-15-22(17-10-7-6-8-11-17)18-12-9-14-21-16-18/h6-12,14,16,19H,13,15H2,1-5H3. The zero-order valence-corrected chi connectivity index (χ0v) is 16.5. The molecule has 0 spiro atoms. The number of hydrogen-bond acceptors (Lipinski definition) is 3. The summed E-state index contributed by atoms with van der Waals surface area (Å²) >= 11 is 0. The quantitative estimate of drug-likeness (QED) is 0.640. The van der Waals surface area contributed by atoms with Gasteiger partial charge in [-0.1, -0.05) is 39.0 Å². The molecule has 0 saturated heterocycles. The van der Waals surface area contributed by atoms with Crippen LogP contribution in [0.3, 0.4) is 0 Å². The summed E-state index contributed by atoms with van der Waals surface area (Å²) in [6, 6.07) is 14.6. The van der Waals surface area contributed by atoms with Crippen LogP contribution in [-0.2, 0) is 4.43 Å². The fourth-order valence-electron chi connectivity index (χ4n) is 2.73. The zero-order valence-electron chi connectivity index (χ0n) is 15.5. The van der Waals surface area contributed by atoms with E-state index in [4.69, 9.17) is 4.43 Å². The van der Waals surface area contributed by atoms with Gasteiger partial charge in [-0.15, -0.1) is 0 Å². The zero-order chi connectivity index (χ0) is 17.6. The maximum Gasteiger partial charge on any atom is 0.205 e. The number of benzene rings is 1. The highest BCUT2D eigenvalue weighted by Crippen LogP contribution is 2.29. The van der Waals surface area contributed by atoms with E-state index in [2.05, 4.69) is 80.1 Å². The second-order valence-corrected chi connectivity index (χ2v) is 9.42. The fourth-order valence-corrected chi connectivity index (χ4v) is 3.77. The molecule has 24 heavy (non-hydrogen) atoms. The predicted molar refractivity (Wildman–Crippen MR) is 104 cm³/mol. The molecule has 129 valence electrons. The minimum Gasteiger partial charge on any atom is -0.414 e. The molecule has 0 aliphatic rings. The van der Waals surface area contributed by atoms with Crippen molar-refractivity contribution in [1.82, 2.24) is 4.98 Å². The Bertz CT molecular complexity index is 557. The fraction of sp³-hybridized carbons (Fsp3) is 0.450. The molecule has 1 heterocycles. The van der Waals surface area contributed by atoms with E-state index in [9.17, 15) is 0 Å². The molecule has 0 N–H and O–H groups in total. The number of rotatable bonds is 7. The van der Waals surface area contributed by atoms with E-state index in [1.54, 1.807) is 0 Å². The Balaban J connectivity index is 2.19. The summed E-state index contributed by atoms with van der Waals surface area (Å²) in [4.78, 5) is 6.61. The Morgan fingerprint density at radius 2 is 1.71 bits per heavy atom. The van der Waals surface area contributed by atoms with Gasteiger partial charge in [-0.2, -0.15) is 0 Å². The molecule has 2 aromatic rings. The number of nitrogens with zero attached hydrogens (tertiary/aromatic N) is 2. The number of pyridine rings is 1. The van der Waals surface area contributed by atoms with Gasteiger partial charge in [-0.05, 0) is 49.2 Å². The second-order valence-electron chi connectivity index (χ2n) is 7.37. The summed E-state index contributed by atoms with van der Waals surface area (Å²) in [5, 5.41) is 0. The van der Waals surface area contributed by atoms with Gasteiger partial charge in [0.2, 0.25) is 9.04 Å². The lowest BCUT2D eigenvalue weighted by atomic mass is 9.87. The van der Waals surface area contributed by atoms with Crippen molar-refractivity contribution in [2.45, 2.75) is 46.4 Å². The topological polar surface area (TPSA) is 25.4 Å². The third-order valence-electron chi connectivity index (χ3n) is 3.98. The van der Waals surface area contributed by atoms with E-state index in [0.29, 0.717) is 0 Å². The van der Waals surface area contributed by atoms with Crippen molar-refractivity contribution in [3.8, 4) is 0 Å². The minimum absolute atomic E-state index is 0.138. The molecule has 1 atom stereocenters. The van der Waals surface area contributed by atoms with Crippen LogP contribution in [0.4, 0.5) is 11.4 Å². The summed E-state index contributed by atoms with van der Waals surface area (Å²) in [6.45, 7) is 12.1. The lowest BCUT2D eigenvalue weighted by molar-refractivity contribution is 0.0807. The number of hydrogen-bond donors (Lipinski definition) is 0. The number of aromatic nitrogens is 1. The Labute approximate surface area is 148 Å². The molecule has 0 aliphatic heterocycles. The molecule has 0 saturated carbocycles. The maximum absolute atomic E-state index is 6.30. The molecule has 4 heteroatoms. The largest absolute Gasteiger partial charge is 0.414 e. The first-order chi connectivity index (χ1) is 11.4. The molecule has 1 aromatic carbocycles. The molecule has 0 amide bonds. The third kappa shape index (κ3) is 5.46. The molecule has 1 unspecified atom stereocenters. The monoisotopic (exact) mass is 341 g/mol. The summed E-state index contributed by atoms with van der Waals surface area (Å²) < 4.78 is 6.30. The minimum atomic E-state index is -0.722. The van der Waals surface area contributed by atoms with E-state index < -0.39 is 9.04 Å². The van der Waals surface area contributed by atoms with Crippen LogP contribution in [0.25, 0.3) is 0 Å². The first kappa shape index (κ1) is 18.7. The second kappa shape index (κ2) is 8.45. The first-order valence-corrected chi connectivity index (χ1v) is 11.0. The Morgan fingerprint density at radius 1 is 1.04 bits per heavy atom. The van der Waals surface area contributed by atoms with Gasteiger partial charge in [-0.3, -0.25) is 4.98 Å². The average Bonchev–Trinajstić information content (AvgIpc) is 2.55. The Kier molecular flexibility index (Phi) is 6.57. The van der Waals surface area contributed by atoms with Crippen molar-refractivity contribution >= 4 is 20.4 Å². The van der Waals surface area contributed by atoms with Crippen molar-refractivity contribution in [2.75, 3.05) is 11.4 Å². The summed E-state index contributed by atoms with van der Waals surface area (Å²) in [5.41, 5.74) is 2.45. The van der Waals surface area contributed by atoms with Gasteiger partial charge in [0.1, 0.15) is 0 Å². The van der Waals surface area contributed by atoms with Gasteiger partial charge in [0.25, 0.3) is 0 Å². The molecular formula is C20H29N2OSi. The van der Waals surface area contributed by atoms with Crippen molar-refractivity contribution in [3.05, 3.63) is 54.9 Å². The molecule has 0 aliphatic carbocycles. The highest BCUT2D eigenvalue weighted by atomic mass is 28.3. The van der Waals surface area contributed by atoms with Gasteiger partial charge in [0, 0.05) is 18.4 Å². The van der Waals surface area contributed by atoms with Crippen LogP contribution >= 0.6 is 0 Å². The Morgan fingerprint density at radius 3 is 2.25 bits per heavy atom. The first-order valence-electron chi connectivity index (χ1n) is 8.57. The van der Waals surface area contributed by atoms with Crippen molar-refractivity contribution < 1.29 is 4.43 Å². The van der Waals surface area contributed by atoms with Crippen LogP contribution < -0.4 is 4.90 Å². The van der Waals surface area contributed by atoms with Gasteiger partial charge >= 0.3 is 0 Å². The summed E-state index contributed by atoms with van der Waals surface area (Å²) in [6.07, 6.45) is 4.98. The van der Waals surface area contributed by atoms with E-state index in [0.717, 1.165) is 18.7 Å². The highest BCUT2D eigenvalue weighted by molar-refractivity contribution is 6.48. The normalized spacial score (nSPS) is 13.1. The molecule has 0 bridgehead atoms. The molecule has 3 nitrogen and oxygen atoms in total. The van der Waals surface area contributed by atoms with Gasteiger partial charge < -0.3 is 9.33 Å². The van der Waals surface area contributed by atoms with Crippen LogP contribution in [-0.4, -0.2) is 26.7 Å². The molecule has 1 radical (unpaired) electrons. The van der Waals surface area contributed by atoms with Gasteiger partial charge in [0.05, 0.1) is 18.0 Å². The summed E-state index contributed by atoms with van der Waals surface area (Å²) in [7, 11) is -0.722. The SMILES string of the molecule is C[Si](C)OC(CCN(c1ccccc1)c1cccnc1)C(C)(C)C. The number of anilines is 2. The molecule has 0 fully saturated rings. The van der Waals surface area contributed by atoms with Gasteiger partial charge in [0.15, 0.2) is 0 Å². The van der Waals surface area contributed by atoms with Crippen molar-refractivity contribution in [3.63, 3.8) is 0 Å². The van der Waals surface area contributed by atoms with E-state index >= 15 is 0 Å². The number of para-hydroxylation sites is 1. The lowest BCUT2D eigenvalue weighted by Gasteiger charge is -2.35. The van der Waals surface area contributed by atoms with E-state index in [1.165, 1.54) is 5.69 Å². The molecular weight excluding hydrogens is 312 g/mol. The van der Waals surface area contributed by atoms with Crippen LogP contribution in [0.5, 0.6) is 0 Å². The van der Waals surface area contributed by atoms with E-state index in [1.807, 2.05) is 18.5 Å². The summed E-state index contributed by atoms with van der Waals surface area (Å²) in [5.74, 6) is 0. The van der Waals surface area contributed by atoms with Gasteiger partial charge in [-0.25, -0.2) is 0 Å². The molecule has 2 rings (SSSR count). The lowest BCUT2D eigenvalue weighted by Crippen LogP contribution is -2.36. The van der Waals surface area contributed by atoms with E-state index in [-0.39, 0.29) is 11.5 Å². The smallest absolute Gasteiger partial charge is 0.205 e. The maximum atomic E-state index is 6.30.